The summed E-state index contributed by atoms with van der Waals surface area (Å²) < 4.78 is 25.7. The van der Waals surface area contributed by atoms with Crippen molar-refractivity contribution in [3.63, 3.8) is 0 Å². The van der Waals surface area contributed by atoms with Crippen LogP contribution in [0.2, 0.25) is 0 Å². The first-order chi connectivity index (χ1) is 14.3. The van der Waals surface area contributed by atoms with Crippen molar-refractivity contribution in [3.8, 4) is 23.0 Å². The van der Waals surface area contributed by atoms with Gasteiger partial charge in [-0.15, -0.1) is 0 Å². The Balaban J connectivity index is 2.15. The van der Waals surface area contributed by atoms with Crippen molar-refractivity contribution in [2.75, 3.05) is 28.4 Å². The highest BCUT2D eigenvalue weighted by Crippen LogP contribution is 2.38. The molecule has 0 saturated carbocycles. The van der Waals surface area contributed by atoms with Crippen molar-refractivity contribution < 1.29 is 38.2 Å². The molecule has 10 nitrogen and oxygen atoms in total. The van der Waals surface area contributed by atoms with Gasteiger partial charge in [-0.05, 0) is 24.3 Å². The largest absolute Gasteiger partial charge is 0.493 e. The van der Waals surface area contributed by atoms with Crippen molar-refractivity contribution in [1.82, 2.24) is 0 Å². The number of nitro benzene ring substituents is 1. The van der Waals surface area contributed by atoms with Gasteiger partial charge in [-0.3, -0.25) is 14.9 Å². The van der Waals surface area contributed by atoms with Gasteiger partial charge >= 0.3 is 5.97 Å². The number of cyclic esters (lactones) is 1. The highest BCUT2D eigenvalue weighted by molar-refractivity contribution is 6.20. The van der Waals surface area contributed by atoms with Crippen LogP contribution in [-0.2, 0) is 4.74 Å². The number of hydrogen-bond donors (Lipinski definition) is 0. The van der Waals surface area contributed by atoms with Crippen molar-refractivity contribution in [2.24, 2.45) is 0 Å². The second-order valence-electron chi connectivity index (χ2n) is 6.00. The number of carbonyl (C=O) groups is 2. The van der Waals surface area contributed by atoms with E-state index < -0.39 is 16.7 Å². The zero-order chi connectivity index (χ0) is 22.0. The third kappa shape index (κ3) is 3.50. The number of rotatable bonds is 6. The lowest BCUT2D eigenvalue weighted by Gasteiger charge is -2.19. The minimum Gasteiger partial charge on any atom is -0.493 e. The quantitative estimate of drug-likeness (QED) is 0.303. The topological polar surface area (TPSA) is 123 Å². The Kier molecular flexibility index (Phi) is 5.58. The van der Waals surface area contributed by atoms with Gasteiger partial charge in [-0.25, -0.2) is 4.79 Å². The van der Waals surface area contributed by atoms with Crippen LogP contribution in [-0.4, -0.2) is 45.1 Å². The van der Waals surface area contributed by atoms with Crippen LogP contribution in [0.3, 0.4) is 0 Å². The molecule has 0 fully saturated rings. The van der Waals surface area contributed by atoms with Crippen molar-refractivity contribution >= 4 is 23.5 Å². The van der Waals surface area contributed by atoms with E-state index in [0.29, 0.717) is 0 Å². The summed E-state index contributed by atoms with van der Waals surface area (Å²) in [6.07, 6.45) is 1.11. The molecule has 0 unspecified atom stereocenters. The third-order valence-electron chi connectivity index (χ3n) is 4.43. The molecular weight excluding hydrogens is 398 g/mol. The van der Waals surface area contributed by atoms with E-state index >= 15 is 0 Å². The van der Waals surface area contributed by atoms with E-state index in [-0.39, 0.29) is 51.1 Å². The van der Waals surface area contributed by atoms with Crippen LogP contribution < -0.4 is 18.9 Å². The van der Waals surface area contributed by atoms with Crippen molar-refractivity contribution in [3.05, 3.63) is 56.8 Å². The predicted octanol–water partition coefficient (Wildman–Crippen LogP) is 3.02. The van der Waals surface area contributed by atoms with E-state index in [1.807, 2.05) is 0 Å². The molecule has 30 heavy (non-hydrogen) atoms. The fourth-order valence-corrected chi connectivity index (χ4v) is 2.96. The molecule has 3 rings (SSSR count). The fourth-order valence-electron chi connectivity index (χ4n) is 2.96. The molecule has 1 aliphatic heterocycles. The van der Waals surface area contributed by atoms with E-state index in [0.717, 1.165) is 12.1 Å². The Morgan fingerprint density at radius 3 is 1.87 bits per heavy atom. The SMILES string of the molecule is COc1cc(/C=C2/OC(=O)c3cc(OC)c(OC)cc3C2=O)c([N+](=O)[O-])cc1OC. The molecule has 0 atom stereocenters. The molecular formula is C20H17NO9. The molecule has 0 bridgehead atoms. The number of allylic oxidation sites excluding steroid dienone is 1. The van der Waals surface area contributed by atoms with E-state index in [9.17, 15) is 19.7 Å². The number of Topliss-reactive ketones (excluding diaryl/α,β-unsaturated/α-hetero) is 1. The molecule has 1 aliphatic rings. The van der Waals surface area contributed by atoms with Crippen LogP contribution in [0, 0.1) is 10.1 Å². The second-order valence-corrected chi connectivity index (χ2v) is 6.00. The number of ketones is 1. The smallest absolute Gasteiger partial charge is 0.344 e. The fraction of sp³-hybridized carbons (Fsp3) is 0.200. The summed E-state index contributed by atoms with van der Waals surface area (Å²) in [6.45, 7) is 0. The summed E-state index contributed by atoms with van der Waals surface area (Å²) >= 11 is 0. The van der Waals surface area contributed by atoms with Gasteiger partial charge in [-0.1, -0.05) is 0 Å². The number of esters is 1. The van der Waals surface area contributed by atoms with Gasteiger partial charge in [0.15, 0.2) is 28.8 Å². The van der Waals surface area contributed by atoms with E-state index in [4.69, 9.17) is 23.7 Å². The molecule has 0 aliphatic carbocycles. The number of carbonyl (C=O) groups excluding carboxylic acids is 2. The van der Waals surface area contributed by atoms with Gasteiger partial charge in [0.2, 0.25) is 5.78 Å². The van der Waals surface area contributed by atoms with E-state index in [2.05, 4.69) is 0 Å². The molecule has 0 N–H and O–H groups in total. The summed E-state index contributed by atoms with van der Waals surface area (Å²) in [5, 5.41) is 11.5. The maximum atomic E-state index is 12.9. The number of ether oxygens (including phenoxy) is 5. The average molecular weight is 415 g/mol. The Hall–Kier alpha value is -4.08. The molecule has 0 saturated heterocycles. The van der Waals surface area contributed by atoms with Gasteiger partial charge in [0.1, 0.15) is 0 Å². The highest BCUT2D eigenvalue weighted by Gasteiger charge is 2.33. The minimum absolute atomic E-state index is 0.00210. The Labute approximate surface area is 170 Å². The maximum Gasteiger partial charge on any atom is 0.344 e. The minimum atomic E-state index is -0.806. The summed E-state index contributed by atoms with van der Waals surface area (Å²) in [5.74, 6) is -0.985. The molecule has 10 heteroatoms. The molecule has 2 aromatic carbocycles. The zero-order valence-corrected chi connectivity index (χ0v) is 16.5. The van der Waals surface area contributed by atoms with Gasteiger partial charge in [0.25, 0.3) is 5.69 Å². The van der Waals surface area contributed by atoms with Crippen LogP contribution in [0.15, 0.2) is 30.0 Å². The summed E-state index contributed by atoms with van der Waals surface area (Å²) in [7, 11) is 5.48. The van der Waals surface area contributed by atoms with Gasteiger partial charge in [-0.2, -0.15) is 0 Å². The summed E-state index contributed by atoms with van der Waals surface area (Å²) in [4.78, 5) is 36.2. The average Bonchev–Trinajstić information content (AvgIpc) is 2.75. The van der Waals surface area contributed by atoms with Crippen LogP contribution in [0.4, 0.5) is 5.69 Å². The lowest BCUT2D eigenvalue weighted by atomic mass is 9.97. The first-order valence-electron chi connectivity index (χ1n) is 8.49. The Morgan fingerprint density at radius 2 is 1.33 bits per heavy atom. The number of methoxy groups -OCH3 is 4. The molecule has 0 spiro atoms. The molecule has 156 valence electrons. The molecule has 0 radical (unpaired) electrons. The van der Waals surface area contributed by atoms with Crippen LogP contribution >= 0.6 is 0 Å². The Bertz CT molecular complexity index is 1090. The van der Waals surface area contributed by atoms with Crippen LogP contribution in [0.25, 0.3) is 6.08 Å². The third-order valence-corrected chi connectivity index (χ3v) is 4.43. The van der Waals surface area contributed by atoms with Crippen molar-refractivity contribution in [1.29, 1.82) is 0 Å². The number of nitrogens with zero attached hydrogens (tertiary/aromatic N) is 1. The second kappa shape index (κ2) is 8.11. The summed E-state index contributed by atoms with van der Waals surface area (Å²) in [5.41, 5.74) is -0.338. The van der Waals surface area contributed by atoms with E-state index in [1.54, 1.807) is 0 Å². The number of fused-ring (bicyclic) bond motifs is 1. The predicted molar refractivity (Wildman–Crippen MR) is 103 cm³/mol. The lowest BCUT2D eigenvalue weighted by molar-refractivity contribution is -0.385. The maximum absolute atomic E-state index is 12.9. The van der Waals surface area contributed by atoms with Gasteiger partial charge in [0, 0.05) is 5.56 Å². The molecule has 0 aromatic heterocycles. The van der Waals surface area contributed by atoms with Gasteiger partial charge in [0.05, 0.1) is 50.6 Å². The highest BCUT2D eigenvalue weighted by atomic mass is 16.6. The van der Waals surface area contributed by atoms with Crippen LogP contribution in [0.5, 0.6) is 23.0 Å². The first-order valence-corrected chi connectivity index (χ1v) is 8.49. The molecule has 1 heterocycles. The first kappa shape index (κ1) is 20.6. The zero-order valence-electron chi connectivity index (χ0n) is 16.5. The lowest BCUT2D eigenvalue weighted by Crippen LogP contribution is -2.22. The van der Waals surface area contributed by atoms with Crippen LogP contribution in [0.1, 0.15) is 26.3 Å². The summed E-state index contributed by atoms with van der Waals surface area (Å²) in [6, 6.07) is 5.16. The Morgan fingerprint density at radius 1 is 0.833 bits per heavy atom. The standard InChI is InChI=1S/C20H17NO9/c1-26-14-5-10(13(21(24)25)9-17(14)29-4)6-18-19(22)11-7-15(27-2)16(28-3)8-12(11)20(23)30-18/h5-9H,1-4H3/b18-6+. The number of benzene rings is 2. The monoisotopic (exact) mass is 415 g/mol. The van der Waals surface area contributed by atoms with Crippen molar-refractivity contribution in [2.45, 2.75) is 0 Å². The molecule has 0 amide bonds. The molecule has 2 aromatic rings. The number of nitro groups is 1. The van der Waals surface area contributed by atoms with Gasteiger partial charge < -0.3 is 23.7 Å². The number of hydrogen-bond acceptors (Lipinski definition) is 9. The normalized spacial score (nSPS) is 14.1. The van der Waals surface area contributed by atoms with E-state index in [1.165, 1.54) is 46.6 Å².